The van der Waals surface area contributed by atoms with Gasteiger partial charge in [0.1, 0.15) is 5.75 Å². The SMILES string of the molecule is Cl.Cl.NC(Oc1ccccc1)(C(=O)O)C(=O)N1CCN(C2CCNCC2)CC1. The van der Waals surface area contributed by atoms with E-state index in [9.17, 15) is 14.7 Å². The molecule has 0 aliphatic carbocycles. The fraction of sp³-hybridized carbons (Fsp3) is 0.556. The molecule has 1 aromatic carbocycles. The number of ether oxygens (including phenoxy) is 1. The number of piperazine rings is 1. The molecule has 10 heteroatoms. The van der Waals surface area contributed by atoms with Crippen LogP contribution in [0.3, 0.4) is 0 Å². The Labute approximate surface area is 177 Å². The van der Waals surface area contributed by atoms with E-state index in [4.69, 9.17) is 10.5 Å². The molecular formula is C18H28Cl2N4O4. The molecule has 1 atom stereocenters. The van der Waals surface area contributed by atoms with Gasteiger partial charge in [-0.15, -0.1) is 24.8 Å². The van der Waals surface area contributed by atoms with E-state index in [0.717, 1.165) is 39.0 Å². The third kappa shape index (κ3) is 5.48. The largest absolute Gasteiger partial charge is 0.477 e. The van der Waals surface area contributed by atoms with E-state index in [-0.39, 0.29) is 30.6 Å². The third-order valence-corrected chi connectivity index (χ3v) is 5.08. The van der Waals surface area contributed by atoms with Gasteiger partial charge in [-0.3, -0.25) is 15.4 Å². The Morgan fingerprint density at radius 2 is 1.64 bits per heavy atom. The van der Waals surface area contributed by atoms with Crippen molar-refractivity contribution < 1.29 is 19.4 Å². The molecule has 2 saturated heterocycles. The minimum Gasteiger partial charge on any atom is -0.477 e. The molecule has 2 aliphatic rings. The number of hydrogen-bond acceptors (Lipinski definition) is 6. The lowest BCUT2D eigenvalue weighted by Crippen LogP contribution is -2.66. The number of nitrogens with zero attached hydrogens (tertiary/aromatic N) is 2. The average molecular weight is 435 g/mol. The maximum Gasteiger partial charge on any atom is 0.374 e. The zero-order chi connectivity index (χ0) is 18.6. The summed E-state index contributed by atoms with van der Waals surface area (Å²) in [5, 5.41) is 12.9. The molecule has 2 aliphatic heterocycles. The van der Waals surface area contributed by atoms with Crippen LogP contribution in [-0.4, -0.2) is 77.8 Å². The highest BCUT2D eigenvalue weighted by Crippen LogP contribution is 2.20. The summed E-state index contributed by atoms with van der Waals surface area (Å²) in [6.07, 6.45) is 2.20. The summed E-state index contributed by atoms with van der Waals surface area (Å²) in [5.74, 6) is -1.95. The number of carbonyl (C=O) groups excluding carboxylic acids is 1. The van der Waals surface area contributed by atoms with Crippen LogP contribution >= 0.6 is 24.8 Å². The molecule has 0 radical (unpaired) electrons. The van der Waals surface area contributed by atoms with Gasteiger partial charge in [-0.25, -0.2) is 4.79 Å². The van der Waals surface area contributed by atoms with E-state index in [2.05, 4.69) is 10.2 Å². The normalized spacial score (nSPS) is 20.2. The van der Waals surface area contributed by atoms with Crippen LogP contribution in [0.25, 0.3) is 0 Å². The van der Waals surface area contributed by atoms with E-state index in [1.54, 1.807) is 30.3 Å². The highest BCUT2D eigenvalue weighted by molar-refractivity contribution is 6.05. The second kappa shape index (κ2) is 10.8. The Bertz CT molecular complexity index is 638. The number of para-hydroxylation sites is 1. The number of rotatable bonds is 5. The lowest BCUT2D eigenvalue weighted by molar-refractivity contribution is -0.169. The van der Waals surface area contributed by atoms with Gasteiger partial charge in [0.15, 0.2) is 0 Å². The summed E-state index contributed by atoms with van der Waals surface area (Å²) in [5.41, 5.74) is 3.47. The summed E-state index contributed by atoms with van der Waals surface area (Å²) in [7, 11) is 0. The van der Waals surface area contributed by atoms with Gasteiger partial charge in [-0.1, -0.05) is 18.2 Å². The molecule has 28 heavy (non-hydrogen) atoms. The fourth-order valence-electron chi connectivity index (χ4n) is 3.55. The molecule has 0 saturated carbocycles. The minimum absolute atomic E-state index is 0. The molecular weight excluding hydrogens is 407 g/mol. The minimum atomic E-state index is -2.42. The number of halogens is 2. The topological polar surface area (TPSA) is 108 Å². The zero-order valence-corrected chi connectivity index (χ0v) is 17.2. The summed E-state index contributed by atoms with van der Waals surface area (Å²) in [4.78, 5) is 28.4. The van der Waals surface area contributed by atoms with Crippen LogP contribution in [-0.2, 0) is 9.59 Å². The molecule has 8 nitrogen and oxygen atoms in total. The summed E-state index contributed by atoms with van der Waals surface area (Å²) in [6.45, 7) is 4.37. The number of carbonyl (C=O) groups is 2. The van der Waals surface area contributed by atoms with Crippen molar-refractivity contribution in [1.82, 2.24) is 15.1 Å². The Morgan fingerprint density at radius 3 is 2.18 bits per heavy atom. The van der Waals surface area contributed by atoms with Gasteiger partial charge in [-0.05, 0) is 38.1 Å². The number of benzene rings is 1. The van der Waals surface area contributed by atoms with Crippen molar-refractivity contribution >= 4 is 36.7 Å². The molecule has 1 amide bonds. The van der Waals surface area contributed by atoms with E-state index in [1.807, 2.05) is 0 Å². The molecule has 158 valence electrons. The second-order valence-electron chi connectivity index (χ2n) is 6.77. The first kappa shape index (κ1) is 24.5. The van der Waals surface area contributed by atoms with Crippen molar-refractivity contribution in [2.75, 3.05) is 39.3 Å². The van der Waals surface area contributed by atoms with Crippen molar-refractivity contribution in [2.45, 2.75) is 24.6 Å². The fourth-order valence-corrected chi connectivity index (χ4v) is 3.55. The summed E-state index contributed by atoms with van der Waals surface area (Å²) >= 11 is 0. The first-order chi connectivity index (χ1) is 12.5. The van der Waals surface area contributed by atoms with Crippen LogP contribution in [0.15, 0.2) is 30.3 Å². The van der Waals surface area contributed by atoms with Crippen LogP contribution in [0.1, 0.15) is 12.8 Å². The summed E-state index contributed by atoms with van der Waals surface area (Å²) in [6, 6.07) is 8.84. The van der Waals surface area contributed by atoms with Crippen molar-refractivity contribution in [3.63, 3.8) is 0 Å². The van der Waals surface area contributed by atoms with Gasteiger partial charge < -0.3 is 20.1 Å². The van der Waals surface area contributed by atoms with Gasteiger partial charge in [0.25, 0.3) is 5.91 Å². The van der Waals surface area contributed by atoms with Crippen LogP contribution in [0, 0.1) is 0 Å². The lowest BCUT2D eigenvalue weighted by atomic mass is 10.0. The van der Waals surface area contributed by atoms with Crippen LogP contribution in [0.5, 0.6) is 5.75 Å². The van der Waals surface area contributed by atoms with Crippen molar-refractivity contribution in [2.24, 2.45) is 5.73 Å². The highest BCUT2D eigenvalue weighted by Gasteiger charge is 2.48. The van der Waals surface area contributed by atoms with Crippen molar-refractivity contribution in [3.05, 3.63) is 30.3 Å². The number of carboxylic acids is 1. The zero-order valence-electron chi connectivity index (χ0n) is 15.6. The lowest BCUT2D eigenvalue weighted by Gasteiger charge is -2.42. The summed E-state index contributed by atoms with van der Waals surface area (Å²) < 4.78 is 5.39. The Hall–Kier alpha value is -1.58. The third-order valence-electron chi connectivity index (χ3n) is 5.08. The van der Waals surface area contributed by atoms with Gasteiger partial charge in [0.05, 0.1) is 0 Å². The maximum absolute atomic E-state index is 12.8. The first-order valence-electron chi connectivity index (χ1n) is 9.01. The number of hydrogen-bond donors (Lipinski definition) is 3. The van der Waals surface area contributed by atoms with Crippen LogP contribution in [0.4, 0.5) is 0 Å². The molecule has 2 heterocycles. The molecule has 2 fully saturated rings. The predicted octanol–water partition coefficient (Wildman–Crippen LogP) is 0.545. The monoisotopic (exact) mass is 434 g/mol. The van der Waals surface area contributed by atoms with Gasteiger partial charge in [0, 0.05) is 32.2 Å². The Morgan fingerprint density at radius 1 is 1.07 bits per heavy atom. The number of amides is 1. The number of nitrogens with two attached hydrogens (primary N) is 1. The van der Waals surface area contributed by atoms with Crippen LogP contribution < -0.4 is 15.8 Å². The smallest absolute Gasteiger partial charge is 0.374 e. The molecule has 0 bridgehead atoms. The van der Waals surface area contributed by atoms with Gasteiger partial charge in [0.2, 0.25) is 0 Å². The quantitative estimate of drug-likeness (QED) is 0.458. The van der Waals surface area contributed by atoms with Crippen molar-refractivity contribution in [1.29, 1.82) is 0 Å². The maximum atomic E-state index is 12.8. The Kier molecular flexibility index (Phi) is 9.46. The van der Waals surface area contributed by atoms with E-state index in [1.165, 1.54) is 4.90 Å². The van der Waals surface area contributed by atoms with Crippen molar-refractivity contribution in [3.8, 4) is 5.75 Å². The molecule has 4 N–H and O–H groups in total. The van der Waals surface area contributed by atoms with E-state index in [0.29, 0.717) is 19.1 Å². The molecule has 1 unspecified atom stereocenters. The van der Waals surface area contributed by atoms with Gasteiger partial charge in [-0.2, -0.15) is 0 Å². The predicted molar refractivity (Wildman–Crippen MR) is 110 cm³/mol. The first-order valence-corrected chi connectivity index (χ1v) is 9.01. The molecule has 0 spiro atoms. The molecule has 1 aromatic rings. The number of nitrogens with one attached hydrogen (secondary N) is 1. The Balaban J connectivity index is 0.00000196. The second-order valence-corrected chi connectivity index (χ2v) is 6.77. The van der Waals surface area contributed by atoms with Gasteiger partial charge >= 0.3 is 11.7 Å². The van der Waals surface area contributed by atoms with E-state index < -0.39 is 17.6 Å². The molecule has 3 rings (SSSR count). The van der Waals surface area contributed by atoms with Crippen LogP contribution in [0.2, 0.25) is 0 Å². The standard InChI is InChI=1S/C18H26N4O4.2ClH/c19-18(17(24)25,26-15-4-2-1-3-5-15)16(23)22-12-10-21(11-13-22)14-6-8-20-9-7-14;;/h1-5,14,20H,6-13,19H2,(H,24,25);2*1H. The van der Waals surface area contributed by atoms with E-state index >= 15 is 0 Å². The number of carboxylic acid groups (broad SMARTS) is 1. The molecule has 0 aromatic heterocycles. The number of piperidine rings is 1. The average Bonchev–Trinajstić information content (AvgIpc) is 2.69. The highest BCUT2D eigenvalue weighted by atomic mass is 35.5. The number of aliphatic carboxylic acids is 1.